The average Bonchev–Trinajstić information content (AvgIpc) is 3.33. The first-order valence-corrected chi connectivity index (χ1v) is 28.4. The maximum absolute atomic E-state index is 12.8. The van der Waals surface area contributed by atoms with Gasteiger partial charge < -0.3 is 14.2 Å². The zero-order chi connectivity index (χ0) is 48.6. The van der Waals surface area contributed by atoms with E-state index in [4.69, 9.17) is 14.2 Å². The van der Waals surface area contributed by atoms with Crippen molar-refractivity contribution in [1.29, 1.82) is 0 Å². The Morgan fingerprint density at radius 2 is 0.597 bits per heavy atom. The van der Waals surface area contributed by atoms with Crippen molar-refractivity contribution in [2.45, 2.75) is 284 Å². The number of unbranched alkanes of at least 4 members (excludes halogenated alkanes) is 28. The minimum absolute atomic E-state index is 0.0812. The lowest BCUT2D eigenvalue weighted by Gasteiger charge is -2.18. The van der Waals surface area contributed by atoms with Crippen molar-refractivity contribution < 1.29 is 28.6 Å². The highest BCUT2D eigenvalue weighted by Crippen LogP contribution is 2.16. The van der Waals surface area contributed by atoms with Gasteiger partial charge in [0, 0.05) is 19.3 Å². The second-order valence-corrected chi connectivity index (χ2v) is 18.8. The molecule has 0 spiro atoms. The fraction of sp³-hybridized carbons (Fsp3) is 0.754. The second kappa shape index (κ2) is 55.4. The van der Waals surface area contributed by atoms with Gasteiger partial charge in [-0.3, -0.25) is 14.4 Å². The van der Waals surface area contributed by atoms with Crippen LogP contribution in [-0.2, 0) is 28.6 Å². The Balaban J connectivity index is 4.32. The van der Waals surface area contributed by atoms with Gasteiger partial charge in [0.15, 0.2) is 6.10 Å². The van der Waals surface area contributed by atoms with Gasteiger partial charge in [0.2, 0.25) is 0 Å². The summed E-state index contributed by atoms with van der Waals surface area (Å²) in [5.74, 6) is -0.893. The molecule has 0 heterocycles. The SMILES string of the molecule is CC/C=C\C/C=C\C/C=C\C/C=C\C/C=C\CCCCCCCCCC(=O)OCC(COC(=O)CCCCCCC/C=C\CCCC)OC(=O)CCCCCCCCCCCCCCCCC. The number of carbonyl (C=O) groups is 3. The van der Waals surface area contributed by atoms with Crippen LogP contribution in [0.2, 0.25) is 0 Å². The Labute approximate surface area is 414 Å². The molecule has 0 rings (SSSR count). The van der Waals surface area contributed by atoms with E-state index in [1.54, 1.807) is 0 Å². The summed E-state index contributed by atoms with van der Waals surface area (Å²) < 4.78 is 16.8. The van der Waals surface area contributed by atoms with Crippen LogP contribution in [0.3, 0.4) is 0 Å². The first-order valence-electron chi connectivity index (χ1n) is 28.4. The normalized spacial score (nSPS) is 12.6. The molecule has 0 amide bonds. The van der Waals surface area contributed by atoms with Gasteiger partial charge in [0.1, 0.15) is 13.2 Å². The van der Waals surface area contributed by atoms with E-state index in [0.29, 0.717) is 19.3 Å². The molecule has 0 bridgehead atoms. The van der Waals surface area contributed by atoms with Gasteiger partial charge in [-0.25, -0.2) is 0 Å². The van der Waals surface area contributed by atoms with Crippen LogP contribution in [0.25, 0.3) is 0 Å². The smallest absolute Gasteiger partial charge is 0.306 e. The van der Waals surface area contributed by atoms with Gasteiger partial charge in [-0.05, 0) is 83.5 Å². The minimum Gasteiger partial charge on any atom is -0.462 e. The van der Waals surface area contributed by atoms with Crippen molar-refractivity contribution in [2.24, 2.45) is 0 Å². The number of rotatable bonds is 51. The van der Waals surface area contributed by atoms with Crippen LogP contribution in [0.5, 0.6) is 0 Å². The van der Waals surface area contributed by atoms with Crippen LogP contribution < -0.4 is 0 Å². The predicted molar refractivity (Wildman–Crippen MR) is 288 cm³/mol. The highest BCUT2D eigenvalue weighted by molar-refractivity contribution is 5.71. The molecule has 0 saturated carbocycles. The van der Waals surface area contributed by atoms with Crippen LogP contribution in [0.15, 0.2) is 72.9 Å². The standard InChI is InChI=1S/C61H106O6/c1-4-7-10-13-16-19-22-24-26-27-28-29-30-31-32-33-35-36-39-42-45-48-51-54-60(63)66-57-58(56-65-59(62)53-50-47-44-41-38-21-18-15-12-9-6-3)67-61(64)55-52-49-46-43-40-37-34-25-23-20-17-14-11-8-5-2/h7,10,15-16,18-19,24,26,28-29,31-32,58H,4-6,8-9,11-14,17,20-23,25,27,30,33-57H2,1-3H3/b10-7-,18-15-,19-16-,26-24-,29-28-,32-31-. The topological polar surface area (TPSA) is 78.9 Å². The molecule has 1 unspecified atom stereocenters. The maximum atomic E-state index is 12.8. The van der Waals surface area contributed by atoms with Gasteiger partial charge in [-0.2, -0.15) is 0 Å². The number of ether oxygens (including phenoxy) is 3. The van der Waals surface area contributed by atoms with E-state index < -0.39 is 6.10 Å². The molecule has 6 nitrogen and oxygen atoms in total. The molecule has 0 aromatic carbocycles. The molecule has 0 N–H and O–H groups in total. The molecule has 0 saturated heterocycles. The van der Waals surface area contributed by atoms with Crippen molar-refractivity contribution in [2.75, 3.05) is 13.2 Å². The van der Waals surface area contributed by atoms with E-state index in [0.717, 1.165) is 103 Å². The summed E-state index contributed by atoms with van der Waals surface area (Å²) in [6.07, 6.45) is 70.3. The molecule has 0 aliphatic rings. The fourth-order valence-electron chi connectivity index (χ4n) is 7.92. The summed E-state index contributed by atoms with van der Waals surface area (Å²) in [7, 11) is 0. The molecular formula is C61H106O6. The first-order chi connectivity index (χ1) is 33.0. The molecule has 0 radical (unpaired) electrons. The molecule has 1 atom stereocenters. The van der Waals surface area contributed by atoms with E-state index >= 15 is 0 Å². The predicted octanol–water partition coefficient (Wildman–Crippen LogP) is 19.0. The maximum Gasteiger partial charge on any atom is 0.306 e. The van der Waals surface area contributed by atoms with Crippen LogP contribution in [-0.4, -0.2) is 37.2 Å². The number of carbonyl (C=O) groups excluding carboxylic acids is 3. The highest BCUT2D eigenvalue weighted by Gasteiger charge is 2.19. The number of allylic oxidation sites excluding steroid dienone is 12. The Morgan fingerprint density at radius 3 is 0.970 bits per heavy atom. The molecule has 0 fully saturated rings. The Kier molecular flexibility index (Phi) is 52.8. The average molecular weight is 936 g/mol. The van der Waals surface area contributed by atoms with Gasteiger partial charge in [-0.15, -0.1) is 0 Å². The van der Waals surface area contributed by atoms with E-state index in [1.807, 2.05) is 0 Å². The lowest BCUT2D eigenvalue weighted by molar-refractivity contribution is -0.167. The van der Waals surface area contributed by atoms with E-state index in [2.05, 4.69) is 93.7 Å². The third kappa shape index (κ3) is 53.7. The lowest BCUT2D eigenvalue weighted by atomic mass is 10.0. The molecule has 6 heteroatoms. The van der Waals surface area contributed by atoms with E-state index in [9.17, 15) is 14.4 Å². The molecular weight excluding hydrogens is 829 g/mol. The minimum atomic E-state index is -0.781. The van der Waals surface area contributed by atoms with E-state index in [-0.39, 0.29) is 31.1 Å². The zero-order valence-corrected chi connectivity index (χ0v) is 44.2. The molecule has 386 valence electrons. The second-order valence-electron chi connectivity index (χ2n) is 18.8. The molecule has 0 aromatic rings. The van der Waals surface area contributed by atoms with Crippen LogP contribution >= 0.6 is 0 Å². The summed E-state index contributed by atoms with van der Waals surface area (Å²) in [5, 5.41) is 0. The van der Waals surface area contributed by atoms with Crippen molar-refractivity contribution in [1.82, 2.24) is 0 Å². The van der Waals surface area contributed by atoms with Crippen molar-refractivity contribution in [3.8, 4) is 0 Å². The van der Waals surface area contributed by atoms with Gasteiger partial charge in [0.25, 0.3) is 0 Å². The summed E-state index contributed by atoms with van der Waals surface area (Å²) in [6, 6.07) is 0. The largest absolute Gasteiger partial charge is 0.462 e. The fourth-order valence-corrected chi connectivity index (χ4v) is 7.92. The number of hydrogen-bond donors (Lipinski definition) is 0. The van der Waals surface area contributed by atoms with Gasteiger partial charge >= 0.3 is 17.9 Å². The number of esters is 3. The van der Waals surface area contributed by atoms with Gasteiger partial charge in [-0.1, -0.05) is 248 Å². The van der Waals surface area contributed by atoms with Crippen molar-refractivity contribution in [3.05, 3.63) is 72.9 Å². The number of hydrogen-bond acceptors (Lipinski definition) is 6. The van der Waals surface area contributed by atoms with Crippen molar-refractivity contribution >= 4 is 17.9 Å². The van der Waals surface area contributed by atoms with Crippen LogP contribution in [0.4, 0.5) is 0 Å². The quantitative estimate of drug-likeness (QED) is 0.0262. The first kappa shape index (κ1) is 63.8. The summed E-state index contributed by atoms with van der Waals surface area (Å²) in [6.45, 7) is 6.49. The van der Waals surface area contributed by atoms with Crippen LogP contribution in [0, 0.1) is 0 Å². The molecule has 0 aliphatic heterocycles. The summed E-state index contributed by atoms with van der Waals surface area (Å²) >= 11 is 0. The molecule has 0 aliphatic carbocycles. The Morgan fingerprint density at radius 1 is 0.313 bits per heavy atom. The molecule has 67 heavy (non-hydrogen) atoms. The zero-order valence-electron chi connectivity index (χ0n) is 44.2. The Bertz CT molecular complexity index is 1260. The summed E-state index contributed by atoms with van der Waals surface area (Å²) in [4.78, 5) is 38.1. The van der Waals surface area contributed by atoms with Crippen molar-refractivity contribution in [3.63, 3.8) is 0 Å². The van der Waals surface area contributed by atoms with Crippen LogP contribution in [0.1, 0.15) is 278 Å². The third-order valence-electron chi connectivity index (χ3n) is 12.2. The highest BCUT2D eigenvalue weighted by atomic mass is 16.6. The summed E-state index contributed by atoms with van der Waals surface area (Å²) in [5.41, 5.74) is 0. The Hall–Kier alpha value is -3.15. The van der Waals surface area contributed by atoms with Gasteiger partial charge in [0.05, 0.1) is 0 Å². The monoisotopic (exact) mass is 935 g/mol. The molecule has 0 aromatic heterocycles. The third-order valence-corrected chi connectivity index (χ3v) is 12.2. The lowest BCUT2D eigenvalue weighted by Crippen LogP contribution is -2.30. The van der Waals surface area contributed by atoms with E-state index in [1.165, 1.54) is 135 Å².